The van der Waals surface area contributed by atoms with Crippen LogP contribution in [0.3, 0.4) is 0 Å². The minimum atomic E-state index is -3.10. The minimum absolute atomic E-state index is 0.263. The predicted molar refractivity (Wildman–Crippen MR) is 83.5 cm³/mol. The van der Waals surface area contributed by atoms with E-state index in [1.165, 1.54) is 0 Å². The molecule has 1 aromatic heterocycles. The smallest absolute Gasteiger partial charge is 0.211 e. The first-order chi connectivity index (χ1) is 10.2. The van der Waals surface area contributed by atoms with Crippen molar-refractivity contribution in [3.8, 4) is 0 Å². The Kier molecular flexibility index (Phi) is 6.66. The molecule has 0 aliphatic carbocycles. The molecular formula is C14H26N4O2S. The number of rotatable bonds is 9. The Labute approximate surface area is 127 Å². The Morgan fingerprint density at radius 3 is 2.81 bits per heavy atom. The van der Waals surface area contributed by atoms with Gasteiger partial charge in [0.25, 0.3) is 0 Å². The second-order valence-electron chi connectivity index (χ2n) is 5.70. The Morgan fingerprint density at radius 1 is 1.29 bits per heavy atom. The van der Waals surface area contributed by atoms with E-state index in [4.69, 9.17) is 0 Å². The summed E-state index contributed by atoms with van der Waals surface area (Å²) in [5.74, 6) is 0.822. The summed E-state index contributed by atoms with van der Waals surface area (Å²) in [5, 5.41) is 3.30. The zero-order chi connectivity index (χ0) is 15.0. The second-order valence-corrected chi connectivity index (χ2v) is 7.63. The largest absolute Gasteiger partial charge is 0.337 e. The molecule has 0 spiro atoms. The molecule has 1 saturated heterocycles. The minimum Gasteiger partial charge on any atom is -0.337 e. The topological polar surface area (TPSA) is 76.0 Å². The Bertz CT molecular complexity index is 481. The van der Waals surface area contributed by atoms with Crippen LogP contribution in [0.25, 0.3) is 0 Å². The molecule has 120 valence electrons. The van der Waals surface area contributed by atoms with Crippen LogP contribution < -0.4 is 10.0 Å². The number of piperidine rings is 1. The molecule has 0 saturated carbocycles. The lowest BCUT2D eigenvalue weighted by molar-refractivity contribution is 0.365. The van der Waals surface area contributed by atoms with Gasteiger partial charge in [0.05, 0.1) is 12.1 Å². The van der Waals surface area contributed by atoms with E-state index < -0.39 is 10.0 Å². The van der Waals surface area contributed by atoms with Crippen LogP contribution in [-0.2, 0) is 16.6 Å². The van der Waals surface area contributed by atoms with Gasteiger partial charge in [0.15, 0.2) is 0 Å². The molecule has 0 unspecified atom stereocenters. The van der Waals surface area contributed by atoms with Gasteiger partial charge in [-0.15, -0.1) is 0 Å². The SMILES string of the molecule is O=S(=O)(CCC1CCNCC1)NCCCCn1ccnc1. The maximum absolute atomic E-state index is 11.9. The van der Waals surface area contributed by atoms with E-state index in [0.717, 1.165) is 51.7 Å². The third-order valence-electron chi connectivity index (χ3n) is 3.98. The highest BCUT2D eigenvalue weighted by Gasteiger charge is 2.17. The average Bonchev–Trinajstić information content (AvgIpc) is 2.99. The van der Waals surface area contributed by atoms with E-state index in [1.807, 2.05) is 10.8 Å². The Morgan fingerprint density at radius 2 is 2.10 bits per heavy atom. The highest BCUT2D eigenvalue weighted by molar-refractivity contribution is 7.89. The van der Waals surface area contributed by atoms with Gasteiger partial charge in [0.2, 0.25) is 10.0 Å². The molecule has 0 aromatic carbocycles. The summed E-state index contributed by atoms with van der Waals surface area (Å²) < 4.78 is 28.6. The number of unbranched alkanes of at least 4 members (excludes halogenated alkanes) is 1. The Balaban J connectivity index is 1.55. The van der Waals surface area contributed by atoms with Crippen molar-refractivity contribution < 1.29 is 8.42 Å². The van der Waals surface area contributed by atoms with Crippen molar-refractivity contribution in [2.45, 2.75) is 38.6 Å². The van der Waals surface area contributed by atoms with Crippen molar-refractivity contribution in [1.29, 1.82) is 0 Å². The molecule has 1 aliphatic rings. The predicted octanol–water partition coefficient (Wildman–Crippen LogP) is 0.972. The van der Waals surface area contributed by atoms with Gasteiger partial charge in [-0.1, -0.05) is 0 Å². The molecule has 0 radical (unpaired) electrons. The molecule has 0 bridgehead atoms. The molecule has 0 atom stereocenters. The molecule has 2 rings (SSSR count). The number of sulfonamides is 1. The molecule has 7 heteroatoms. The number of imidazole rings is 1. The summed E-state index contributed by atoms with van der Waals surface area (Å²) in [6.45, 7) is 3.46. The molecular weight excluding hydrogens is 288 g/mol. The van der Waals surface area contributed by atoms with Crippen LogP contribution in [0.4, 0.5) is 0 Å². The zero-order valence-corrected chi connectivity index (χ0v) is 13.3. The van der Waals surface area contributed by atoms with Gasteiger partial charge in [0, 0.05) is 25.5 Å². The van der Waals surface area contributed by atoms with Gasteiger partial charge in [-0.05, 0) is 51.1 Å². The van der Waals surface area contributed by atoms with Gasteiger partial charge >= 0.3 is 0 Å². The van der Waals surface area contributed by atoms with E-state index in [9.17, 15) is 8.42 Å². The van der Waals surface area contributed by atoms with E-state index in [-0.39, 0.29) is 5.75 Å². The van der Waals surface area contributed by atoms with Crippen LogP contribution in [0.2, 0.25) is 0 Å². The van der Waals surface area contributed by atoms with Gasteiger partial charge < -0.3 is 9.88 Å². The molecule has 21 heavy (non-hydrogen) atoms. The van der Waals surface area contributed by atoms with E-state index >= 15 is 0 Å². The number of nitrogens with zero attached hydrogens (tertiary/aromatic N) is 2. The molecule has 1 aromatic rings. The maximum atomic E-state index is 11.9. The van der Waals surface area contributed by atoms with Crippen LogP contribution in [0.1, 0.15) is 32.1 Å². The van der Waals surface area contributed by atoms with Gasteiger partial charge in [0.1, 0.15) is 0 Å². The number of hydrogen-bond acceptors (Lipinski definition) is 4. The van der Waals surface area contributed by atoms with Crippen molar-refractivity contribution in [3.05, 3.63) is 18.7 Å². The highest BCUT2D eigenvalue weighted by Crippen LogP contribution is 2.16. The van der Waals surface area contributed by atoms with Crippen LogP contribution in [-0.4, -0.2) is 43.4 Å². The van der Waals surface area contributed by atoms with Crippen LogP contribution in [0.5, 0.6) is 0 Å². The molecule has 2 heterocycles. The summed E-state index contributed by atoms with van der Waals surface area (Å²) in [6.07, 6.45) is 10.2. The van der Waals surface area contributed by atoms with Crippen molar-refractivity contribution >= 4 is 10.0 Å². The van der Waals surface area contributed by atoms with E-state index in [0.29, 0.717) is 12.5 Å². The Hall–Kier alpha value is -0.920. The monoisotopic (exact) mass is 314 g/mol. The number of nitrogens with one attached hydrogen (secondary N) is 2. The first kappa shape index (κ1) is 16.5. The summed E-state index contributed by atoms with van der Waals surface area (Å²) in [6, 6.07) is 0. The number of aryl methyl sites for hydroxylation is 1. The lowest BCUT2D eigenvalue weighted by Crippen LogP contribution is -2.31. The van der Waals surface area contributed by atoms with E-state index in [1.54, 1.807) is 12.5 Å². The lowest BCUT2D eigenvalue weighted by atomic mass is 9.96. The molecule has 2 N–H and O–H groups in total. The third kappa shape index (κ3) is 6.58. The standard InChI is InChI=1S/C14H26N4O2S/c19-21(20,12-5-14-3-7-15-8-4-14)17-6-1-2-10-18-11-9-16-13-18/h9,11,13-15,17H,1-8,10,12H2. The van der Waals surface area contributed by atoms with Crippen molar-refractivity contribution in [1.82, 2.24) is 19.6 Å². The number of aromatic nitrogens is 2. The van der Waals surface area contributed by atoms with Gasteiger partial charge in [-0.2, -0.15) is 0 Å². The fourth-order valence-corrected chi connectivity index (χ4v) is 3.87. The van der Waals surface area contributed by atoms with E-state index in [2.05, 4.69) is 15.0 Å². The normalized spacial score (nSPS) is 17.1. The van der Waals surface area contributed by atoms with Gasteiger partial charge in [-0.3, -0.25) is 0 Å². The van der Waals surface area contributed by atoms with Crippen molar-refractivity contribution in [2.75, 3.05) is 25.4 Å². The maximum Gasteiger partial charge on any atom is 0.211 e. The first-order valence-electron chi connectivity index (χ1n) is 7.79. The summed E-state index contributed by atoms with van der Waals surface area (Å²) in [4.78, 5) is 3.98. The van der Waals surface area contributed by atoms with Crippen LogP contribution in [0, 0.1) is 5.92 Å². The average molecular weight is 314 g/mol. The second kappa shape index (κ2) is 8.51. The summed E-state index contributed by atoms with van der Waals surface area (Å²) in [5.41, 5.74) is 0. The molecule has 6 nitrogen and oxygen atoms in total. The highest BCUT2D eigenvalue weighted by atomic mass is 32.2. The fraction of sp³-hybridized carbons (Fsp3) is 0.786. The molecule has 1 aliphatic heterocycles. The zero-order valence-electron chi connectivity index (χ0n) is 12.5. The van der Waals surface area contributed by atoms with Crippen molar-refractivity contribution in [3.63, 3.8) is 0 Å². The summed E-state index contributed by atoms with van der Waals surface area (Å²) in [7, 11) is -3.10. The van der Waals surface area contributed by atoms with Crippen molar-refractivity contribution in [2.24, 2.45) is 5.92 Å². The number of hydrogen-bond donors (Lipinski definition) is 2. The third-order valence-corrected chi connectivity index (χ3v) is 5.39. The molecule has 1 fully saturated rings. The van der Waals surface area contributed by atoms with Crippen LogP contribution in [0.15, 0.2) is 18.7 Å². The van der Waals surface area contributed by atoms with Gasteiger partial charge in [-0.25, -0.2) is 18.1 Å². The summed E-state index contributed by atoms with van der Waals surface area (Å²) >= 11 is 0. The molecule has 0 amide bonds. The van der Waals surface area contributed by atoms with Crippen LogP contribution >= 0.6 is 0 Å². The fourth-order valence-electron chi connectivity index (χ4n) is 2.63. The first-order valence-corrected chi connectivity index (χ1v) is 9.45. The quantitative estimate of drug-likeness (QED) is 0.666. The lowest BCUT2D eigenvalue weighted by Gasteiger charge is -2.22.